The third kappa shape index (κ3) is 3.61. The number of carbonyl (C=O) groups is 1. The molecule has 1 heterocycles. The highest BCUT2D eigenvalue weighted by molar-refractivity contribution is 6.30. The van der Waals surface area contributed by atoms with Gasteiger partial charge in [0.25, 0.3) is 5.92 Å². The molecule has 19 heavy (non-hydrogen) atoms. The minimum absolute atomic E-state index is 0.0442. The molecule has 7 heteroatoms. The molecule has 0 aliphatic carbocycles. The monoisotopic (exact) mass is 292 g/mol. The van der Waals surface area contributed by atoms with E-state index in [4.69, 9.17) is 11.6 Å². The first-order valence-corrected chi connectivity index (χ1v) is 6.08. The van der Waals surface area contributed by atoms with Crippen molar-refractivity contribution in [2.24, 2.45) is 0 Å². The van der Waals surface area contributed by atoms with Gasteiger partial charge in [0.2, 0.25) is 5.91 Å². The summed E-state index contributed by atoms with van der Waals surface area (Å²) in [6, 6.07) is 3.14. The molecule has 1 aliphatic heterocycles. The van der Waals surface area contributed by atoms with E-state index in [1.165, 1.54) is 18.2 Å². The molecule has 2 N–H and O–H groups in total. The zero-order chi connectivity index (χ0) is 14.0. The van der Waals surface area contributed by atoms with Gasteiger partial charge in [0.05, 0.1) is 17.6 Å². The number of halogens is 4. The summed E-state index contributed by atoms with van der Waals surface area (Å²) in [7, 11) is 0. The Morgan fingerprint density at radius 2 is 2.26 bits per heavy atom. The van der Waals surface area contributed by atoms with Crippen molar-refractivity contribution in [2.45, 2.75) is 24.9 Å². The van der Waals surface area contributed by atoms with Gasteiger partial charge in [-0.05, 0) is 17.7 Å². The highest BCUT2D eigenvalue weighted by Gasteiger charge is 2.42. The molecule has 1 aromatic rings. The van der Waals surface area contributed by atoms with E-state index >= 15 is 0 Å². The SMILES string of the molecule is O=C(NCc1ccc(F)c(Cl)c1)C1CC(F)(F)CN1. The summed E-state index contributed by atoms with van der Waals surface area (Å²) >= 11 is 5.59. The van der Waals surface area contributed by atoms with Gasteiger partial charge in [-0.25, -0.2) is 13.2 Å². The Hall–Kier alpha value is -1.27. The second-order valence-corrected chi connectivity index (χ2v) is 4.87. The lowest BCUT2D eigenvalue weighted by Gasteiger charge is -2.11. The highest BCUT2D eigenvalue weighted by Crippen LogP contribution is 2.25. The fraction of sp³-hybridized carbons (Fsp3) is 0.417. The molecule has 0 saturated carbocycles. The van der Waals surface area contributed by atoms with Gasteiger partial charge < -0.3 is 5.32 Å². The van der Waals surface area contributed by atoms with E-state index in [-0.39, 0.29) is 11.6 Å². The van der Waals surface area contributed by atoms with Crippen molar-refractivity contribution in [3.63, 3.8) is 0 Å². The van der Waals surface area contributed by atoms with E-state index in [0.717, 1.165) is 0 Å². The maximum absolute atomic E-state index is 12.9. The van der Waals surface area contributed by atoms with E-state index in [9.17, 15) is 18.0 Å². The quantitative estimate of drug-likeness (QED) is 0.896. The maximum atomic E-state index is 12.9. The number of amides is 1. The minimum Gasteiger partial charge on any atom is -0.351 e. The lowest BCUT2D eigenvalue weighted by atomic mass is 10.1. The van der Waals surface area contributed by atoms with Crippen molar-refractivity contribution in [2.75, 3.05) is 6.54 Å². The van der Waals surface area contributed by atoms with Gasteiger partial charge in [0.15, 0.2) is 0 Å². The molecule has 2 rings (SSSR count). The average Bonchev–Trinajstić information content (AvgIpc) is 2.71. The third-order valence-electron chi connectivity index (χ3n) is 2.88. The van der Waals surface area contributed by atoms with Crippen LogP contribution in [-0.2, 0) is 11.3 Å². The average molecular weight is 293 g/mol. The van der Waals surface area contributed by atoms with Crippen molar-refractivity contribution in [1.82, 2.24) is 10.6 Å². The van der Waals surface area contributed by atoms with Gasteiger partial charge in [0, 0.05) is 13.0 Å². The largest absolute Gasteiger partial charge is 0.351 e. The molecule has 1 fully saturated rings. The smallest absolute Gasteiger partial charge is 0.262 e. The summed E-state index contributed by atoms with van der Waals surface area (Å²) in [6.45, 7) is -0.379. The van der Waals surface area contributed by atoms with Crippen molar-refractivity contribution < 1.29 is 18.0 Å². The first-order chi connectivity index (χ1) is 8.87. The lowest BCUT2D eigenvalue weighted by Crippen LogP contribution is -2.40. The molecule has 0 radical (unpaired) electrons. The Labute approximate surface area is 113 Å². The van der Waals surface area contributed by atoms with Crippen molar-refractivity contribution in [1.29, 1.82) is 0 Å². The molecule has 1 aromatic carbocycles. The second kappa shape index (κ2) is 5.38. The van der Waals surface area contributed by atoms with Crippen LogP contribution in [0.1, 0.15) is 12.0 Å². The predicted molar refractivity (Wildman–Crippen MR) is 64.6 cm³/mol. The van der Waals surface area contributed by atoms with Crippen LogP contribution in [-0.4, -0.2) is 24.4 Å². The molecular weight excluding hydrogens is 281 g/mol. The van der Waals surface area contributed by atoms with Gasteiger partial charge in [-0.2, -0.15) is 0 Å². The highest BCUT2D eigenvalue weighted by atomic mass is 35.5. The Bertz CT molecular complexity index is 496. The van der Waals surface area contributed by atoms with E-state index in [1.54, 1.807) is 0 Å². The van der Waals surface area contributed by atoms with Crippen LogP contribution >= 0.6 is 11.6 Å². The van der Waals surface area contributed by atoms with Gasteiger partial charge in [-0.3, -0.25) is 10.1 Å². The Balaban J connectivity index is 1.88. The van der Waals surface area contributed by atoms with Gasteiger partial charge in [-0.1, -0.05) is 17.7 Å². The predicted octanol–water partition coefficient (Wildman–Crippen LogP) is 2.09. The summed E-state index contributed by atoms with van der Waals surface area (Å²) in [5.41, 5.74) is 0.601. The fourth-order valence-corrected chi connectivity index (χ4v) is 2.07. The zero-order valence-corrected chi connectivity index (χ0v) is 10.6. The van der Waals surface area contributed by atoms with E-state index in [1.807, 2.05) is 0 Å². The second-order valence-electron chi connectivity index (χ2n) is 4.46. The molecule has 1 atom stereocenters. The summed E-state index contributed by atoms with van der Waals surface area (Å²) in [5.74, 6) is -3.90. The third-order valence-corrected chi connectivity index (χ3v) is 3.17. The number of benzene rings is 1. The van der Waals surface area contributed by atoms with Crippen molar-refractivity contribution >= 4 is 17.5 Å². The van der Waals surface area contributed by atoms with Crippen molar-refractivity contribution in [3.05, 3.63) is 34.6 Å². The number of rotatable bonds is 3. The van der Waals surface area contributed by atoms with Gasteiger partial charge in [0.1, 0.15) is 5.82 Å². The zero-order valence-electron chi connectivity index (χ0n) is 9.85. The Morgan fingerprint density at radius 3 is 2.84 bits per heavy atom. The molecule has 1 amide bonds. The molecule has 1 saturated heterocycles. The molecule has 1 unspecified atom stereocenters. The fourth-order valence-electron chi connectivity index (χ4n) is 1.86. The number of carbonyl (C=O) groups excluding carboxylic acids is 1. The van der Waals surface area contributed by atoms with Crippen LogP contribution in [0.5, 0.6) is 0 Å². The summed E-state index contributed by atoms with van der Waals surface area (Å²) < 4.78 is 38.7. The summed E-state index contributed by atoms with van der Waals surface area (Å²) in [5, 5.41) is 4.92. The van der Waals surface area contributed by atoms with Crippen LogP contribution < -0.4 is 10.6 Å². The maximum Gasteiger partial charge on any atom is 0.262 e. The number of alkyl halides is 2. The number of hydrogen-bond acceptors (Lipinski definition) is 2. The minimum atomic E-state index is -2.85. The first-order valence-electron chi connectivity index (χ1n) is 5.70. The van der Waals surface area contributed by atoms with Crippen LogP contribution in [0.4, 0.5) is 13.2 Å². The van der Waals surface area contributed by atoms with Crippen molar-refractivity contribution in [3.8, 4) is 0 Å². The van der Waals surface area contributed by atoms with Crippen LogP contribution in [0.25, 0.3) is 0 Å². The molecule has 1 aliphatic rings. The summed E-state index contributed by atoms with van der Waals surface area (Å²) in [6.07, 6.45) is -0.511. The number of hydrogen-bond donors (Lipinski definition) is 2. The molecule has 104 valence electrons. The van der Waals surface area contributed by atoms with Crippen LogP contribution in [0.3, 0.4) is 0 Å². The van der Waals surface area contributed by atoms with E-state index in [2.05, 4.69) is 10.6 Å². The first kappa shape index (κ1) is 14.1. The van der Waals surface area contributed by atoms with Gasteiger partial charge in [-0.15, -0.1) is 0 Å². The summed E-state index contributed by atoms with van der Waals surface area (Å²) in [4.78, 5) is 11.6. The molecule has 0 bridgehead atoms. The molecular formula is C12H12ClF3N2O. The lowest BCUT2D eigenvalue weighted by molar-refractivity contribution is -0.123. The van der Waals surface area contributed by atoms with Gasteiger partial charge >= 0.3 is 0 Å². The Kier molecular flexibility index (Phi) is 4.01. The van der Waals surface area contributed by atoms with Crippen LogP contribution in [0.2, 0.25) is 5.02 Å². The van der Waals surface area contributed by atoms with E-state index < -0.39 is 36.7 Å². The molecule has 0 spiro atoms. The van der Waals surface area contributed by atoms with Crippen LogP contribution in [0.15, 0.2) is 18.2 Å². The van der Waals surface area contributed by atoms with Crippen LogP contribution in [0, 0.1) is 5.82 Å². The number of nitrogens with one attached hydrogen (secondary N) is 2. The van der Waals surface area contributed by atoms with E-state index in [0.29, 0.717) is 5.56 Å². The Morgan fingerprint density at radius 1 is 1.53 bits per heavy atom. The normalized spacial score (nSPS) is 21.4. The standard InChI is InChI=1S/C12H12ClF3N2O/c13-8-3-7(1-2-9(8)14)5-17-11(19)10-4-12(15,16)6-18-10/h1-3,10,18H,4-6H2,(H,17,19). The molecule has 3 nitrogen and oxygen atoms in total. The topological polar surface area (TPSA) is 41.1 Å². The molecule has 0 aromatic heterocycles.